The number of piperazine rings is 1. The molecule has 2 aromatic heterocycles. The zero-order valence-electron chi connectivity index (χ0n) is 24.9. The number of ether oxygens (including phenoxy) is 3. The molecule has 1 aliphatic heterocycles. The van der Waals surface area contributed by atoms with Crippen LogP contribution in [0.3, 0.4) is 0 Å². The molecular weight excluding hydrogens is 564 g/mol. The second kappa shape index (κ2) is 13.8. The van der Waals surface area contributed by atoms with Crippen molar-refractivity contribution in [2.45, 2.75) is 52.4 Å². The van der Waals surface area contributed by atoms with Crippen molar-refractivity contribution >= 4 is 17.7 Å². The smallest absolute Gasteiger partial charge is 0.407 e. The normalized spacial score (nSPS) is 15.8. The number of pyridine rings is 1. The molecule has 14 heteroatoms. The van der Waals surface area contributed by atoms with Gasteiger partial charge in [-0.3, -0.25) is 9.69 Å². The molecule has 0 unspecified atom stereocenters. The number of benzene rings is 1. The lowest BCUT2D eigenvalue weighted by Crippen LogP contribution is -2.58. The molecule has 0 saturated carbocycles. The Morgan fingerprint density at radius 3 is 2.44 bits per heavy atom. The van der Waals surface area contributed by atoms with Gasteiger partial charge in [-0.15, -0.1) is 5.10 Å². The van der Waals surface area contributed by atoms with Crippen molar-refractivity contribution in [1.29, 1.82) is 0 Å². The molecule has 1 fully saturated rings. The Balaban J connectivity index is 1.35. The summed E-state index contributed by atoms with van der Waals surface area (Å²) >= 11 is 0. The number of nitrogens with one attached hydrogen (secondary N) is 1. The predicted molar refractivity (Wildman–Crippen MR) is 153 cm³/mol. The van der Waals surface area contributed by atoms with Gasteiger partial charge in [0.2, 0.25) is 5.88 Å². The van der Waals surface area contributed by atoms with Crippen LogP contribution in [0.4, 0.5) is 19.3 Å². The van der Waals surface area contributed by atoms with Crippen LogP contribution < -0.4 is 15.0 Å². The third-order valence-electron chi connectivity index (χ3n) is 6.82. The molecule has 3 aromatic rings. The molecule has 4 rings (SSSR count). The molecule has 1 aliphatic rings. The Morgan fingerprint density at radius 2 is 1.81 bits per heavy atom. The monoisotopic (exact) mass is 601 g/mol. The van der Waals surface area contributed by atoms with E-state index in [2.05, 4.69) is 20.6 Å². The third kappa shape index (κ3) is 8.37. The number of carbonyl (C=O) groups is 2. The molecule has 1 aromatic carbocycles. The van der Waals surface area contributed by atoms with Crippen LogP contribution in [-0.2, 0) is 20.9 Å². The molecule has 3 heterocycles. The fraction of sp³-hybridized carbons (Fsp3) is 0.483. The lowest BCUT2D eigenvalue weighted by molar-refractivity contribution is -0.147. The van der Waals surface area contributed by atoms with Gasteiger partial charge in [-0.05, 0) is 45.9 Å². The van der Waals surface area contributed by atoms with Gasteiger partial charge >= 0.3 is 12.1 Å². The molecule has 1 N–H and O–H groups in total. The quantitative estimate of drug-likeness (QED) is 0.344. The fourth-order valence-electron chi connectivity index (χ4n) is 4.60. The zero-order chi connectivity index (χ0) is 31.1. The maximum Gasteiger partial charge on any atom is 0.407 e. The molecule has 1 amide bonds. The van der Waals surface area contributed by atoms with E-state index in [9.17, 15) is 18.4 Å². The van der Waals surface area contributed by atoms with Gasteiger partial charge < -0.3 is 24.4 Å². The molecule has 1 atom stereocenters. The molecule has 12 nitrogen and oxygen atoms in total. The topological polar surface area (TPSA) is 124 Å². The third-order valence-corrected chi connectivity index (χ3v) is 6.82. The molecule has 43 heavy (non-hydrogen) atoms. The van der Waals surface area contributed by atoms with Crippen LogP contribution in [0.1, 0.15) is 44.1 Å². The number of aryl methyl sites for hydroxylation is 1. The Hall–Kier alpha value is -4.33. The Bertz CT molecular complexity index is 1380. The molecule has 0 radical (unpaired) electrons. The van der Waals surface area contributed by atoms with Gasteiger partial charge in [0.25, 0.3) is 6.43 Å². The number of nitrogens with zero attached hydrogens (tertiary/aromatic N) is 6. The van der Waals surface area contributed by atoms with E-state index in [1.165, 1.54) is 19.2 Å². The Morgan fingerprint density at radius 1 is 1.09 bits per heavy atom. The van der Waals surface area contributed by atoms with Gasteiger partial charge in [-0.2, -0.15) is 0 Å². The van der Waals surface area contributed by atoms with E-state index in [0.717, 1.165) is 5.69 Å². The van der Waals surface area contributed by atoms with Crippen LogP contribution in [0.25, 0.3) is 5.69 Å². The van der Waals surface area contributed by atoms with Crippen LogP contribution in [0.2, 0.25) is 0 Å². The summed E-state index contributed by atoms with van der Waals surface area (Å²) in [6.07, 6.45) is -1.38. The van der Waals surface area contributed by atoms with Crippen molar-refractivity contribution < 1.29 is 32.6 Å². The van der Waals surface area contributed by atoms with Crippen molar-refractivity contribution in [2.75, 3.05) is 44.7 Å². The number of alkyl halides is 2. The van der Waals surface area contributed by atoms with Crippen LogP contribution >= 0.6 is 0 Å². The highest BCUT2D eigenvalue weighted by Gasteiger charge is 2.33. The van der Waals surface area contributed by atoms with E-state index in [0.29, 0.717) is 55.7 Å². The van der Waals surface area contributed by atoms with E-state index in [4.69, 9.17) is 14.2 Å². The maximum absolute atomic E-state index is 12.9. The SMILES string of the molecule is COC(=O)[C@@H]1CN(c2ccc(OCc3c(C)nnn3-c3ccc(C(F)F)cc3)nc2)CCN1CCNC(=O)OC(C)(C)C. The zero-order valence-corrected chi connectivity index (χ0v) is 24.9. The molecule has 1 saturated heterocycles. The van der Waals surface area contributed by atoms with Gasteiger partial charge in [-0.25, -0.2) is 23.2 Å². The average Bonchev–Trinajstić information content (AvgIpc) is 3.35. The summed E-state index contributed by atoms with van der Waals surface area (Å²) in [6, 6.07) is 8.90. The van der Waals surface area contributed by atoms with Crippen molar-refractivity contribution in [3.63, 3.8) is 0 Å². The maximum atomic E-state index is 12.9. The number of alkyl carbamates (subject to hydrolysis) is 1. The fourth-order valence-corrected chi connectivity index (χ4v) is 4.60. The number of methoxy groups -OCH3 is 1. The molecule has 0 aliphatic carbocycles. The first-order chi connectivity index (χ1) is 20.4. The summed E-state index contributed by atoms with van der Waals surface area (Å²) in [5, 5.41) is 11.0. The first-order valence-electron chi connectivity index (χ1n) is 13.9. The molecular formula is C29H37F2N7O5. The van der Waals surface area contributed by atoms with Gasteiger partial charge in [-0.1, -0.05) is 17.3 Å². The van der Waals surface area contributed by atoms with Crippen molar-refractivity contribution in [1.82, 2.24) is 30.2 Å². The summed E-state index contributed by atoms with van der Waals surface area (Å²) < 4.78 is 43.7. The van der Waals surface area contributed by atoms with Crippen LogP contribution in [0.5, 0.6) is 5.88 Å². The second-order valence-corrected chi connectivity index (χ2v) is 11.0. The summed E-state index contributed by atoms with van der Waals surface area (Å²) in [6.45, 7) is 9.66. The number of esters is 1. The number of amides is 1. The van der Waals surface area contributed by atoms with Gasteiger partial charge in [0.15, 0.2) is 0 Å². The second-order valence-electron chi connectivity index (χ2n) is 11.0. The minimum absolute atomic E-state index is 0.0720. The number of hydrogen-bond acceptors (Lipinski definition) is 10. The van der Waals surface area contributed by atoms with Crippen molar-refractivity contribution in [3.8, 4) is 11.6 Å². The molecule has 0 spiro atoms. The number of carbonyl (C=O) groups excluding carboxylic acids is 2. The van der Waals surface area contributed by atoms with Crippen LogP contribution in [0.15, 0.2) is 42.6 Å². The summed E-state index contributed by atoms with van der Waals surface area (Å²) in [5.41, 5.74) is 2.04. The van der Waals surface area contributed by atoms with E-state index in [-0.39, 0.29) is 18.1 Å². The Kier molecular flexibility index (Phi) is 10.1. The highest BCUT2D eigenvalue weighted by molar-refractivity contribution is 5.77. The number of hydrogen-bond donors (Lipinski definition) is 1. The summed E-state index contributed by atoms with van der Waals surface area (Å²) in [4.78, 5) is 33.0. The molecule has 232 valence electrons. The number of rotatable bonds is 10. The van der Waals surface area contributed by atoms with Crippen molar-refractivity contribution in [2.24, 2.45) is 0 Å². The first-order valence-corrected chi connectivity index (χ1v) is 13.9. The lowest BCUT2D eigenvalue weighted by Gasteiger charge is -2.40. The number of halogens is 2. The number of anilines is 1. The van der Waals surface area contributed by atoms with Gasteiger partial charge in [0.05, 0.1) is 30.4 Å². The van der Waals surface area contributed by atoms with E-state index < -0.39 is 24.2 Å². The van der Waals surface area contributed by atoms with Crippen LogP contribution in [-0.4, -0.2) is 88.4 Å². The van der Waals surface area contributed by atoms with Crippen LogP contribution in [0, 0.1) is 6.92 Å². The number of aromatic nitrogens is 4. The first kappa shape index (κ1) is 31.6. The minimum atomic E-state index is -2.55. The average molecular weight is 602 g/mol. The lowest BCUT2D eigenvalue weighted by atomic mass is 10.1. The Labute approximate surface area is 248 Å². The largest absolute Gasteiger partial charge is 0.471 e. The van der Waals surface area contributed by atoms with Gasteiger partial charge in [0.1, 0.15) is 23.9 Å². The van der Waals surface area contributed by atoms with E-state index >= 15 is 0 Å². The van der Waals surface area contributed by atoms with E-state index in [1.807, 2.05) is 15.9 Å². The van der Waals surface area contributed by atoms with E-state index in [1.54, 1.807) is 56.8 Å². The summed E-state index contributed by atoms with van der Waals surface area (Å²) in [5.74, 6) is 0.0136. The highest BCUT2D eigenvalue weighted by Crippen LogP contribution is 2.23. The standard InChI is InChI=1S/C29H37F2N7O5/c1-19-24(38(35-34-19)21-8-6-20(7-9-21)26(30)31)18-42-25-11-10-22(16-33-25)37-15-14-36(23(17-37)27(39)41-5)13-12-32-28(40)43-29(2,3)4/h6-11,16,23,26H,12-15,17-18H2,1-5H3,(H,32,40)/t23-/m0/s1. The highest BCUT2D eigenvalue weighted by atomic mass is 19.3. The molecule has 0 bridgehead atoms. The summed E-state index contributed by atoms with van der Waals surface area (Å²) in [7, 11) is 1.35. The van der Waals surface area contributed by atoms with Crippen molar-refractivity contribution in [3.05, 3.63) is 59.5 Å². The minimum Gasteiger partial charge on any atom is -0.471 e. The predicted octanol–water partition coefficient (Wildman–Crippen LogP) is 3.68. The van der Waals surface area contributed by atoms with Gasteiger partial charge in [0, 0.05) is 44.4 Å².